The average Bonchev–Trinajstić information content (AvgIpc) is 2.37. The van der Waals surface area contributed by atoms with Crippen molar-refractivity contribution in [2.75, 3.05) is 17.2 Å². The second-order valence-electron chi connectivity index (χ2n) is 4.57. The summed E-state index contributed by atoms with van der Waals surface area (Å²) in [5.74, 6) is -1.55. The molecule has 0 aromatic heterocycles. The molecule has 0 aliphatic heterocycles. The van der Waals surface area contributed by atoms with Crippen LogP contribution in [0.25, 0.3) is 0 Å². The molecular weight excluding hydrogens is 287 g/mol. The van der Waals surface area contributed by atoms with Gasteiger partial charge in [0, 0.05) is 19.4 Å². The van der Waals surface area contributed by atoms with Crippen molar-refractivity contribution in [3.05, 3.63) is 23.8 Å². The van der Waals surface area contributed by atoms with Crippen molar-refractivity contribution in [3.63, 3.8) is 0 Å². The minimum Gasteiger partial charge on any atom is -0.330 e. The Bertz CT molecular complexity index is 544. The average molecular weight is 303 g/mol. The number of rotatable bonds is 4. The number of hydrogen-bond donors (Lipinski definition) is 3. The first-order valence-corrected chi connectivity index (χ1v) is 6.15. The lowest BCUT2D eigenvalue weighted by Gasteiger charge is -2.16. The van der Waals surface area contributed by atoms with Gasteiger partial charge in [-0.1, -0.05) is 6.92 Å². The molecule has 1 atom stereocenters. The fraction of sp³-hybridized carbons (Fsp3) is 0.385. The summed E-state index contributed by atoms with van der Waals surface area (Å²) in [4.78, 5) is 22.8. The summed E-state index contributed by atoms with van der Waals surface area (Å²) >= 11 is 0. The lowest BCUT2D eigenvalue weighted by atomic mass is 10.1. The Morgan fingerprint density at radius 2 is 1.86 bits per heavy atom. The van der Waals surface area contributed by atoms with E-state index < -0.39 is 29.5 Å². The van der Waals surface area contributed by atoms with Crippen molar-refractivity contribution in [1.82, 2.24) is 0 Å². The van der Waals surface area contributed by atoms with E-state index in [1.54, 1.807) is 6.92 Å². The van der Waals surface area contributed by atoms with Crippen molar-refractivity contribution in [2.24, 2.45) is 11.7 Å². The number of alkyl halides is 3. The molecule has 1 aromatic rings. The van der Waals surface area contributed by atoms with Crippen LogP contribution < -0.4 is 16.4 Å². The molecule has 0 fully saturated rings. The van der Waals surface area contributed by atoms with Gasteiger partial charge in [0.05, 0.1) is 16.9 Å². The number of nitrogens with one attached hydrogen (secondary N) is 2. The number of nitrogens with two attached hydrogens (primary N) is 1. The van der Waals surface area contributed by atoms with Crippen molar-refractivity contribution in [2.45, 2.75) is 20.0 Å². The third-order valence-corrected chi connectivity index (χ3v) is 2.72. The van der Waals surface area contributed by atoms with Crippen LogP contribution in [0.15, 0.2) is 18.2 Å². The maximum Gasteiger partial charge on any atom is 0.416 e. The van der Waals surface area contributed by atoms with E-state index in [2.05, 4.69) is 10.6 Å². The molecule has 0 saturated heterocycles. The van der Waals surface area contributed by atoms with Crippen LogP contribution in [-0.2, 0) is 15.8 Å². The Hall–Kier alpha value is -2.09. The molecule has 1 rings (SSSR count). The summed E-state index contributed by atoms with van der Waals surface area (Å²) in [7, 11) is 0. The van der Waals surface area contributed by atoms with Gasteiger partial charge >= 0.3 is 6.18 Å². The summed E-state index contributed by atoms with van der Waals surface area (Å²) in [6.07, 6.45) is -4.55. The van der Waals surface area contributed by atoms with Crippen molar-refractivity contribution in [1.29, 1.82) is 0 Å². The van der Waals surface area contributed by atoms with Crippen LogP contribution in [0.3, 0.4) is 0 Å². The summed E-state index contributed by atoms with van der Waals surface area (Å²) in [6.45, 7) is 2.81. The van der Waals surface area contributed by atoms with Crippen LogP contribution in [-0.4, -0.2) is 18.4 Å². The molecule has 0 heterocycles. The number of hydrogen-bond acceptors (Lipinski definition) is 3. The zero-order valence-corrected chi connectivity index (χ0v) is 11.5. The van der Waals surface area contributed by atoms with Gasteiger partial charge in [0.1, 0.15) is 0 Å². The Labute approximate surface area is 119 Å². The highest BCUT2D eigenvalue weighted by Crippen LogP contribution is 2.34. The molecule has 0 aliphatic rings. The lowest BCUT2D eigenvalue weighted by molar-refractivity contribution is -0.137. The highest BCUT2D eigenvalue weighted by atomic mass is 19.4. The van der Waals surface area contributed by atoms with E-state index in [4.69, 9.17) is 5.73 Å². The van der Waals surface area contributed by atoms with E-state index in [1.165, 1.54) is 6.92 Å². The van der Waals surface area contributed by atoms with Crippen LogP contribution >= 0.6 is 0 Å². The highest BCUT2D eigenvalue weighted by molar-refractivity contribution is 5.99. The number of halogens is 3. The van der Waals surface area contributed by atoms with Crippen molar-refractivity contribution >= 4 is 23.2 Å². The maximum absolute atomic E-state index is 12.7. The summed E-state index contributed by atoms with van der Waals surface area (Å²) in [5, 5.41) is 4.71. The number of benzene rings is 1. The Balaban J connectivity index is 3.16. The predicted octanol–water partition coefficient (Wildman–Crippen LogP) is 2.20. The molecule has 0 saturated carbocycles. The number of carbonyl (C=O) groups is 2. The molecule has 8 heteroatoms. The topological polar surface area (TPSA) is 84.2 Å². The monoisotopic (exact) mass is 303 g/mol. The number of anilines is 2. The molecule has 21 heavy (non-hydrogen) atoms. The molecule has 0 spiro atoms. The van der Waals surface area contributed by atoms with Gasteiger partial charge in [0.15, 0.2) is 0 Å². The van der Waals surface area contributed by atoms with E-state index in [0.717, 1.165) is 18.2 Å². The van der Waals surface area contributed by atoms with Gasteiger partial charge in [-0.05, 0) is 18.2 Å². The van der Waals surface area contributed by atoms with Gasteiger partial charge in [-0.15, -0.1) is 0 Å². The first-order valence-electron chi connectivity index (χ1n) is 6.15. The quantitative estimate of drug-likeness (QED) is 0.797. The van der Waals surface area contributed by atoms with E-state index in [-0.39, 0.29) is 17.9 Å². The van der Waals surface area contributed by atoms with Gasteiger partial charge in [0.2, 0.25) is 11.8 Å². The normalized spacial score (nSPS) is 12.7. The molecule has 0 radical (unpaired) electrons. The molecule has 5 nitrogen and oxygen atoms in total. The van der Waals surface area contributed by atoms with Crippen LogP contribution in [0.5, 0.6) is 0 Å². The largest absolute Gasteiger partial charge is 0.416 e. The van der Waals surface area contributed by atoms with E-state index in [1.807, 2.05) is 0 Å². The van der Waals surface area contributed by atoms with Gasteiger partial charge in [-0.3, -0.25) is 9.59 Å². The third-order valence-electron chi connectivity index (χ3n) is 2.72. The highest BCUT2D eigenvalue weighted by Gasteiger charge is 2.31. The van der Waals surface area contributed by atoms with E-state index >= 15 is 0 Å². The standard InChI is InChI=1S/C13H16F3N3O2/c1-7(6-17)12(21)19-11-5-9(13(14,15)16)3-4-10(11)18-8(2)20/h3-5,7H,6,17H2,1-2H3,(H,18,20)(H,19,21). The third kappa shape index (κ3) is 4.75. The molecular formula is C13H16F3N3O2. The minimum absolute atomic E-state index is 0.0558. The second-order valence-corrected chi connectivity index (χ2v) is 4.57. The fourth-order valence-electron chi connectivity index (χ4n) is 1.49. The van der Waals surface area contributed by atoms with Crippen LogP contribution in [0.2, 0.25) is 0 Å². The Morgan fingerprint density at radius 1 is 1.24 bits per heavy atom. The van der Waals surface area contributed by atoms with Gasteiger partial charge in [0.25, 0.3) is 0 Å². The molecule has 0 bridgehead atoms. The smallest absolute Gasteiger partial charge is 0.330 e. The van der Waals surface area contributed by atoms with E-state index in [9.17, 15) is 22.8 Å². The summed E-state index contributed by atoms with van der Waals surface area (Å²) in [5.41, 5.74) is 4.38. The summed E-state index contributed by atoms with van der Waals surface area (Å²) < 4.78 is 38.1. The first kappa shape index (κ1) is 17.0. The minimum atomic E-state index is -4.55. The SMILES string of the molecule is CC(=O)Nc1ccc(C(F)(F)F)cc1NC(=O)C(C)CN. The Morgan fingerprint density at radius 3 is 2.33 bits per heavy atom. The zero-order chi connectivity index (χ0) is 16.2. The summed E-state index contributed by atoms with van der Waals surface area (Å²) in [6, 6.07) is 2.69. The molecule has 116 valence electrons. The van der Waals surface area contributed by atoms with Crippen LogP contribution in [0.4, 0.5) is 24.5 Å². The molecule has 1 unspecified atom stereocenters. The van der Waals surface area contributed by atoms with Crippen LogP contribution in [0.1, 0.15) is 19.4 Å². The Kier molecular flexibility index (Phi) is 5.31. The first-order chi connectivity index (χ1) is 9.65. The van der Waals surface area contributed by atoms with Crippen molar-refractivity contribution < 1.29 is 22.8 Å². The molecule has 1 aromatic carbocycles. The van der Waals surface area contributed by atoms with Gasteiger partial charge < -0.3 is 16.4 Å². The maximum atomic E-state index is 12.7. The van der Waals surface area contributed by atoms with Gasteiger partial charge in [-0.2, -0.15) is 13.2 Å². The van der Waals surface area contributed by atoms with Crippen molar-refractivity contribution in [3.8, 4) is 0 Å². The van der Waals surface area contributed by atoms with E-state index in [0.29, 0.717) is 0 Å². The molecule has 4 N–H and O–H groups in total. The predicted molar refractivity (Wildman–Crippen MR) is 72.6 cm³/mol. The number of carbonyl (C=O) groups excluding carboxylic acids is 2. The van der Waals surface area contributed by atoms with Crippen LogP contribution in [0, 0.1) is 5.92 Å². The second kappa shape index (κ2) is 6.57. The lowest BCUT2D eigenvalue weighted by Crippen LogP contribution is -2.27. The zero-order valence-electron chi connectivity index (χ0n) is 11.5. The molecule has 2 amide bonds. The molecule has 0 aliphatic carbocycles. The fourth-order valence-corrected chi connectivity index (χ4v) is 1.49. The van der Waals surface area contributed by atoms with Gasteiger partial charge in [-0.25, -0.2) is 0 Å². The number of amides is 2.